The van der Waals surface area contributed by atoms with Crippen LogP contribution in [0.15, 0.2) is 24.4 Å². The normalized spacial score (nSPS) is 25.9. The van der Waals surface area contributed by atoms with E-state index in [0.717, 1.165) is 18.8 Å². The second-order valence-electron chi connectivity index (χ2n) is 6.72. The fourth-order valence-corrected chi connectivity index (χ4v) is 3.58. The Morgan fingerprint density at radius 3 is 2.85 bits per heavy atom. The maximum Gasteiger partial charge on any atom is 0.0543 e. The minimum absolute atomic E-state index is 0.372. The summed E-state index contributed by atoms with van der Waals surface area (Å²) < 4.78 is 0. The number of aromatic nitrogens is 1. The van der Waals surface area contributed by atoms with Gasteiger partial charge in [-0.25, -0.2) is 0 Å². The topological polar surface area (TPSA) is 28.2 Å². The average molecular weight is 275 g/mol. The monoisotopic (exact) mass is 275 g/mol. The number of hydrogen-bond acceptors (Lipinski definition) is 3. The molecule has 112 valence electrons. The van der Waals surface area contributed by atoms with Crippen LogP contribution in [0.3, 0.4) is 0 Å². The lowest BCUT2D eigenvalue weighted by Gasteiger charge is -2.47. The number of rotatable bonds is 5. The Kier molecular flexibility index (Phi) is 5.17. The zero-order valence-electron chi connectivity index (χ0n) is 13.4. The van der Waals surface area contributed by atoms with Gasteiger partial charge in [0.05, 0.1) is 5.69 Å². The van der Waals surface area contributed by atoms with E-state index in [1.54, 1.807) is 0 Å². The fourth-order valence-electron chi connectivity index (χ4n) is 3.58. The van der Waals surface area contributed by atoms with Gasteiger partial charge in [-0.1, -0.05) is 33.3 Å². The van der Waals surface area contributed by atoms with Gasteiger partial charge in [-0.05, 0) is 44.0 Å². The standard InChI is InChI=1S/C17H29N3/c1-5-18-16-15(10-8-11-17(16,2)3)20(4)13-14-9-6-7-12-19-14/h6-7,9,12,15-16,18H,5,8,10-11,13H2,1-4H3. The van der Waals surface area contributed by atoms with Crippen molar-refractivity contribution in [1.82, 2.24) is 15.2 Å². The molecule has 20 heavy (non-hydrogen) atoms. The summed E-state index contributed by atoms with van der Waals surface area (Å²) in [6, 6.07) is 7.33. The number of likely N-dealkylation sites (N-methyl/N-ethyl adjacent to an activating group) is 2. The van der Waals surface area contributed by atoms with Crippen LogP contribution in [0.25, 0.3) is 0 Å². The van der Waals surface area contributed by atoms with Gasteiger partial charge in [0.15, 0.2) is 0 Å². The van der Waals surface area contributed by atoms with Crippen LogP contribution in [0.1, 0.15) is 45.7 Å². The van der Waals surface area contributed by atoms with Gasteiger partial charge in [0, 0.05) is 24.8 Å². The van der Waals surface area contributed by atoms with E-state index in [1.807, 2.05) is 12.3 Å². The predicted octanol–water partition coefficient (Wildman–Crippen LogP) is 3.07. The molecule has 0 spiro atoms. The van der Waals surface area contributed by atoms with Crippen LogP contribution in [-0.2, 0) is 6.54 Å². The smallest absolute Gasteiger partial charge is 0.0543 e. The molecule has 1 fully saturated rings. The third kappa shape index (κ3) is 3.58. The molecular weight excluding hydrogens is 246 g/mol. The van der Waals surface area contributed by atoms with E-state index in [2.05, 4.69) is 55.2 Å². The van der Waals surface area contributed by atoms with E-state index in [9.17, 15) is 0 Å². The largest absolute Gasteiger partial charge is 0.312 e. The summed E-state index contributed by atoms with van der Waals surface area (Å²) >= 11 is 0. The molecule has 1 aromatic rings. The van der Waals surface area contributed by atoms with Gasteiger partial charge in [0.2, 0.25) is 0 Å². The van der Waals surface area contributed by atoms with Crippen molar-refractivity contribution in [3.05, 3.63) is 30.1 Å². The number of nitrogens with zero attached hydrogens (tertiary/aromatic N) is 2. The Morgan fingerprint density at radius 2 is 2.20 bits per heavy atom. The summed E-state index contributed by atoms with van der Waals surface area (Å²) in [6.45, 7) is 8.99. The SMILES string of the molecule is CCNC1C(N(C)Cc2ccccn2)CCCC1(C)C. The number of nitrogens with one attached hydrogen (secondary N) is 1. The van der Waals surface area contributed by atoms with Crippen LogP contribution >= 0.6 is 0 Å². The molecule has 0 amide bonds. The van der Waals surface area contributed by atoms with Crippen molar-refractivity contribution in [2.45, 2.75) is 58.7 Å². The van der Waals surface area contributed by atoms with Gasteiger partial charge in [-0.15, -0.1) is 0 Å². The van der Waals surface area contributed by atoms with Crippen molar-refractivity contribution >= 4 is 0 Å². The molecular formula is C17H29N3. The molecule has 1 heterocycles. The first-order chi connectivity index (χ1) is 9.54. The van der Waals surface area contributed by atoms with E-state index in [1.165, 1.54) is 19.3 Å². The van der Waals surface area contributed by atoms with Crippen molar-refractivity contribution < 1.29 is 0 Å². The molecule has 3 heteroatoms. The Hall–Kier alpha value is -0.930. The quantitative estimate of drug-likeness (QED) is 0.895. The highest BCUT2D eigenvalue weighted by Crippen LogP contribution is 2.37. The highest BCUT2D eigenvalue weighted by atomic mass is 15.2. The number of pyridine rings is 1. The second-order valence-corrected chi connectivity index (χ2v) is 6.72. The van der Waals surface area contributed by atoms with Crippen molar-refractivity contribution in [2.75, 3.05) is 13.6 Å². The van der Waals surface area contributed by atoms with E-state index in [4.69, 9.17) is 0 Å². The lowest BCUT2D eigenvalue weighted by molar-refractivity contribution is 0.0592. The first-order valence-corrected chi connectivity index (χ1v) is 7.88. The summed E-state index contributed by atoms with van der Waals surface area (Å²) in [4.78, 5) is 6.94. The highest BCUT2D eigenvalue weighted by molar-refractivity contribution is 5.05. The molecule has 1 aliphatic carbocycles. The summed E-state index contributed by atoms with van der Waals surface area (Å²) in [7, 11) is 2.24. The molecule has 3 nitrogen and oxygen atoms in total. The fraction of sp³-hybridized carbons (Fsp3) is 0.706. The van der Waals surface area contributed by atoms with Crippen molar-refractivity contribution in [3.63, 3.8) is 0 Å². The molecule has 0 saturated heterocycles. The van der Waals surface area contributed by atoms with E-state index in [-0.39, 0.29) is 0 Å². The second kappa shape index (κ2) is 6.68. The third-order valence-corrected chi connectivity index (χ3v) is 4.68. The average Bonchev–Trinajstić information content (AvgIpc) is 2.42. The lowest BCUT2D eigenvalue weighted by atomic mass is 9.70. The summed E-state index contributed by atoms with van der Waals surface area (Å²) in [5, 5.41) is 3.73. The van der Waals surface area contributed by atoms with Crippen LogP contribution in [0, 0.1) is 5.41 Å². The number of hydrogen-bond donors (Lipinski definition) is 1. The molecule has 2 atom stereocenters. The Morgan fingerprint density at radius 1 is 1.40 bits per heavy atom. The van der Waals surface area contributed by atoms with Gasteiger partial charge in [-0.3, -0.25) is 9.88 Å². The van der Waals surface area contributed by atoms with Crippen molar-refractivity contribution in [1.29, 1.82) is 0 Å². The Bertz CT molecular complexity index is 402. The molecule has 0 bridgehead atoms. The van der Waals surface area contributed by atoms with E-state index >= 15 is 0 Å². The van der Waals surface area contributed by atoms with Crippen LogP contribution in [0.4, 0.5) is 0 Å². The molecule has 0 aliphatic heterocycles. The highest BCUT2D eigenvalue weighted by Gasteiger charge is 2.40. The van der Waals surface area contributed by atoms with Gasteiger partial charge in [-0.2, -0.15) is 0 Å². The molecule has 2 rings (SSSR count). The van der Waals surface area contributed by atoms with Crippen LogP contribution in [-0.4, -0.2) is 35.6 Å². The maximum atomic E-state index is 4.46. The molecule has 1 N–H and O–H groups in total. The molecule has 1 aromatic heterocycles. The molecule has 1 saturated carbocycles. The maximum absolute atomic E-state index is 4.46. The van der Waals surface area contributed by atoms with Crippen LogP contribution in [0.5, 0.6) is 0 Å². The summed E-state index contributed by atoms with van der Waals surface area (Å²) in [5.41, 5.74) is 1.53. The van der Waals surface area contributed by atoms with Crippen molar-refractivity contribution in [2.24, 2.45) is 5.41 Å². The Balaban J connectivity index is 2.08. The predicted molar refractivity (Wildman–Crippen MR) is 84.6 cm³/mol. The zero-order chi connectivity index (χ0) is 14.6. The van der Waals surface area contributed by atoms with Gasteiger partial charge in [0.1, 0.15) is 0 Å². The lowest BCUT2D eigenvalue weighted by Crippen LogP contribution is -2.57. The van der Waals surface area contributed by atoms with Gasteiger partial charge >= 0.3 is 0 Å². The van der Waals surface area contributed by atoms with E-state index in [0.29, 0.717) is 17.5 Å². The van der Waals surface area contributed by atoms with Crippen LogP contribution in [0.2, 0.25) is 0 Å². The molecule has 2 unspecified atom stereocenters. The minimum atomic E-state index is 0.372. The first-order valence-electron chi connectivity index (χ1n) is 7.88. The first kappa shape index (κ1) is 15.5. The minimum Gasteiger partial charge on any atom is -0.312 e. The molecule has 0 radical (unpaired) electrons. The van der Waals surface area contributed by atoms with Gasteiger partial charge < -0.3 is 5.32 Å². The molecule has 0 aromatic carbocycles. The summed E-state index contributed by atoms with van der Waals surface area (Å²) in [6.07, 6.45) is 5.81. The van der Waals surface area contributed by atoms with Gasteiger partial charge in [0.25, 0.3) is 0 Å². The third-order valence-electron chi connectivity index (χ3n) is 4.68. The van der Waals surface area contributed by atoms with Crippen LogP contribution < -0.4 is 5.32 Å². The summed E-state index contributed by atoms with van der Waals surface area (Å²) in [5.74, 6) is 0. The zero-order valence-corrected chi connectivity index (χ0v) is 13.4. The van der Waals surface area contributed by atoms with Crippen molar-refractivity contribution in [3.8, 4) is 0 Å². The Labute approximate surface area is 123 Å². The van der Waals surface area contributed by atoms with E-state index < -0.39 is 0 Å². The molecule has 1 aliphatic rings.